The van der Waals surface area contributed by atoms with Crippen molar-refractivity contribution < 1.29 is 19.1 Å². The molecule has 0 spiro atoms. The Labute approximate surface area is 160 Å². The average Bonchev–Trinajstić information content (AvgIpc) is 3.08. The van der Waals surface area contributed by atoms with Gasteiger partial charge in [0.1, 0.15) is 17.0 Å². The van der Waals surface area contributed by atoms with Gasteiger partial charge in [0.2, 0.25) is 0 Å². The van der Waals surface area contributed by atoms with Crippen molar-refractivity contribution in [1.82, 2.24) is 4.98 Å². The normalized spacial score (nSPS) is 11.1. The Balaban J connectivity index is 1.58. The van der Waals surface area contributed by atoms with Crippen LogP contribution in [0.3, 0.4) is 0 Å². The number of aliphatic carboxylic acids is 1. The number of pyridine rings is 1. The smallest absolute Gasteiger partial charge is 0.303 e. The molecule has 0 aliphatic heterocycles. The molecular weight excluding hydrogens is 366 g/mol. The Morgan fingerprint density at radius 3 is 2.74 bits per heavy atom. The van der Waals surface area contributed by atoms with E-state index in [1.165, 1.54) is 0 Å². The predicted molar refractivity (Wildman–Crippen MR) is 104 cm³/mol. The molecule has 0 amide bonds. The minimum Gasteiger partial charge on any atom is -0.493 e. The number of hydrogen-bond acceptors (Lipinski definition) is 4. The number of halogens is 1. The Kier molecular flexibility index (Phi) is 4.69. The number of furan rings is 1. The summed E-state index contributed by atoms with van der Waals surface area (Å²) in [5.41, 5.74) is 2.22. The minimum absolute atomic E-state index is 0.0881. The lowest BCUT2D eigenvalue weighted by Gasteiger charge is -2.04. The van der Waals surface area contributed by atoms with Gasteiger partial charge in [-0.1, -0.05) is 23.7 Å². The van der Waals surface area contributed by atoms with Gasteiger partial charge in [-0.15, -0.1) is 0 Å². The molecule has 1 N–H and O–H groups in total. The van der Waals surface area contributed by atoms with Crippen LogP contribution in [0.25, 0.3) is 33.3 Å². The van der Waals surface area contributed by atoms with E-state index in [1.807, 2.05) is 48.5 Å². The Morgan fingerprint density at radius 1 is 1.07 bits per heavy atom. The molecule has 5 nitrogen and oxygen atoms in total. The van der Waals surface area contributed by atoms with Gasteiger partial charge in [-0.2, -0.15) is 0 Å². The zero-order valence-corrected chi connectivity index (χ0v) is 15.1. The summed E-state index contributed by atoms with van der Waals surface area (Å²) in [5, 5.41) is 11.3. The number of carbonyl (C=O) groups is 1. The first-order valence-corrected chi connectivity index (χ1v) is 8.91. The molecule has 0 unspecified atom stereocenters. The molecule has 0 aliphatic rings. The van der Waals surface area contributed by atoms with Crippen molar-refractivity contribution in [2.75, 3.05) is 6.61 Å². The van der Waals surface area contributed by atoms with Crippen LogP contribution in [0, 0.1) is 0 Å². The third-order valence-electron chi connectivity index (χ3n) is 4.20. The number of carboxylic acid groups (broad SMARTS) is 1. The van der Waals surface area contributed by atoms with E-state index in [9.17, 15) is 4.79 Å². The molecule has 136 valence electrons. The first-order chi connectivity index (χ1) is 13.1. The molecule has 2 aromatic carbocycles. The molecule has 0 fully saturated rings. The van der Waals surface area contributed by atoms with Gasteiger partial charge in [0.05, 0.1) is 12.1 Å². The second-order valence-electron chi connectivity index (χ2n) is 6.19. The maximum absolute atomic E-state index is 10.5. The molecule has 0 bridgehead atoms. The number of benzene rings is 2. The highest BCUT2D eigenvalue weighted by atomic mass is 35.5. The van der Waals surface area contributed by atoms with Crippen LogP contribution in [0.1, 0.15) is 12.8 Å². The van der Waals surface area contributed by atoms with Gasteiger partial charge in [0, 0.05) is 28.3 Å². The van der Waals surface area contributed by atoms with Crippen molar-refractivity contribution in [3.05, 3.63) is 59.6 Å². The van der Waals surface area contributed by atoms with Crippen LogP contribution in [0.5, 0.6) is 5.75 Å². The third-order valence-corrected chi connectivity index (χ3v) is 4.44. The van der Waals surface area contributed by atoms with Crippen LogP contribution in [-0.4, -0.2) is 22.7 Å². The molecule has 0 saturated carbocycles. The molecule has 0 saturated heterocycles. The highest BCUT2D eigenvalue weighted by Crippen LogP contribution is 2.30. The largest absolute Gasteiger partial charge is 0.493 e. The van der Waals surface area contributed by atoms with Crippen molar-refractivity contribution in [1.29, 1.82) is 0 Å². The highest BCUT2D eigenvalue weighted by Gasteiger charge is 2.10. The number of hydrogen-bond donors (Lipinski definition) is 1. The zero-order chi connectivity index (χ0) is 18.8. The van der Waals surface area contributed by atoms with Gasteiger partial charge in [0.15, 0.2) is 5.76 Å². The molecule has 4 rings (SSSR count). The van der Waals surface area contributed by atoms with Crippen molar-refractivity contribution in [2.24, 2.45) is 0 Å². The van der Waals surface area contributed by atoms with Gasteiger partial charge < -0.3 is 14.3 Å². The molecule has 0 radical (unpaired) electrons. The summed E-state index contributed by atoms with van der Waals surface area (Å²) >= 11 is 6.06. The summed E-state index contributed by atoms with van der Waals surface area (Å²) in [4.78, 5) is 15.2. The number of nitrogens with zero attached hydrogens (tertiary/aromatic N) is 1. The van der Waals surface area contributed by atoms with E-state index in [1.54, 1.807) is 6.07 Å². The topological polar surface area (TPSA) is 72.6 Å². The lowest BCUT2D eigenvalue weighted by Crippen LogP contribution is -2.01. The second kappa shape index (κ2) is 7.29. The molecule has 4 aromatic rings. The van der Waals surface area contributed by atoms with Crippen LogP contribution in [0.2, 0.25) is 5.02 Å². The van der Waals surface area contributed by atoms with Crippen LogP contribution >= 0.6 is 11.6 Å². The van der Waals surface area contributed by atoms with Crippen LogP contribution in [-0.2, 0) is 4.79 Å². The van der Waals surface area contributed by atoms with Crippen molar-refractivity contribution >= 4 is 39.4 Å². The number of ether oxygens (including phenoxy) is 1. The monoisotopic (exact) mass is 381 g/mol. The summed E-state index contributed by atoms with van der Waals surface area (Å²) in [6, 6.07) is 17.0. The number of fused-ring (bicyclic) bond motifs is 2. The Bertz CT molecular complexity index is 1140. The lowest BCUT2D eigenvalue weighted by molar-refractivity contribution is -0.137. The van der Waals surface area contributed by atoms with Gasteiger partial charge in [-0.05, 0) is 42.8 Å². The van der Waals surface area contributed by atoms with Crippen molar-refractivity contribution in [3.63, 3.8) is 0 Å². The second-order valence-corrected chi connectivity index (χ2v) is 6.63. The summed E-state index contributed by atoms with van der Waals surface area (Å²) in [6.07, 6.45) is 0.547. The Morgan fingerprint density at radius 2 is 1.89 bits per heavy atom. The third kappa shape index (κ3) is 3.88. The van der Waals surface area contributed by atoms with E-state index in [0.29, 0.717) is 35.1 Å². The van der Waals surface area contributed by atoms with Crippen LogP contribution < -0.4 is 4.74 Å². The first-order valence-electron chi connectivity index (χ1n) is 8.53. The maximum Gasteiger partial charge on any atom is 0.303 e. The number of aromatic nitrogens is 1. The fourth-order valence-corrected chi connectivity index (χ4v) is 3.03. The quantitative estimate of drug-likeness (QED) is 0.443. The summed E-state index contributed by atoms with van der Waals surface area (Å²) in [5.74, 6) is 0.482. The fourth-order valence-electron chi connectivity index (χ4n) is 2.87. The van der Waals surface area contributed by atoms with E-state index in [4.69, 9.17) is 25.9 Å². The predicted octanol–water partition coefficient (Wildman–Crippen LogP) is 5.55. The lowest BCUT2D eigenvalue weighted by atomic mass is 10.2. The zero-order valence-electron chi connectivity index (χ0n) is 14.3. The minimum atomic E-state index is -0.825. The van der Waals surface area contributed by atoms with E-state index in [0.717, 1.165) is 22.0 Å². The molecule has 6 heteroatoms. The van der Waals surface area contributed by atoms with Gasteiger partial charge >= 0.3 is 5.97 Å². The van der Waals surface area contributed by atoms with Crippen molar-refractivity contribution in [3.8, 4) is 17.2 Å². The van der Waals surface area contributed by atoms with E-state index >= 15 is 0 Å². The number of rotatable bonds is 6. The van der Waals surface area contributed by atoms with Crippen molar-refractivity contribution in [2.45, 2.75) is 12.8 Å². The standard InChI is InChI=1S/C21H16ClNO4/c22-15-6-3-13-5-8-17(23-18(13)11-15)20-10-14-4-7-16(12-19(14)27-20)26-9-1-2-21(24)25/h3-8,10-12H,1-2,9H2,(H,24,25). The fraction of sp³-hybridized carbons (Fsp3) is 0.143. The van der Waals surface area contributed by atoms with E-state index in [-0.39, 0.29) is 6.42 Å². The average molecular weight is 382 g/mol. The van der Waals surface area contributed by atoms with Gasteiger partial charge in [0.25, 0.3) is 0 Å². The van der Waals surface area contributed by atoms with Crippen LogP contribution in [0.4, 0.5) is 0 Å². The summed E-state index contributed by atoms with van der Waals surface area (Å²) in [6.45, 7) is 0.346. The molecule has 2 heterocycles. The SMILES string of the molecule is O=C(O)CCCOc1ccc2cc(-c3ccc4ccc(Cl)cc4n3)oc2c1. The summed E-state index contributed by atoms with van der Waals surface area (Å²) in [7, 11) is 0. The van der Waals surface area contributed by atoms with E-state index in [2.05, 4.69) is 4.98 Å². The van der Waals surface area contributed by atoms with Gasteiger partial charge in [-0.25, -0.2) is 4.98 Å². The molecule has 2 aromatic heterocycles. The molecular formula is C21H16ClNO4. The maximum atomic E-state index is 10.5. The number of carboxylic acids is 1. The molecule has 0 aliphatic carbocycles. The molecule has 27 heavy (non-hydrogen) atoms. The summed E-state index contributed by atoms with van der Waals surface area (Å²) < 4.78 is 11.5. The first kappa shape index (κ1) is 17.4. The highest BCUT2D eigenvalue weighted by molar-refractivity contribution is 6.31. The Hall–Kier alpha value is -3.05. The molecule has 0 atom stereocenters. The van der Waals surface area contributed by atoms with Gasteiger partial charge in [-0.3, -0.25) is 4.79 Å². The van der Waals surface area contributed by atoms with E-state index < -0.39 is 5.97 Å². The van der Waals surface area contributed by atoms with Crippen LogP contribution in [0.15, 0.2) is 59.0 Å².